The zero-order valence-electron chi connectivity index (χ0n) is 15.8. The maximum atomic E-state index is 13.1. The van der Waals surface area contributed by atoms with Crippen molar-refractivity contribution < 1.29 is 21.6 Å². The summed E-state index contributed by atoms with van der Waals surface area (Å²) in [6.45, 7) is 1.93. The van der Waals surface area contributed by atoms with E-state index in [0.717, 1.165) is 40.8 Å². The van der Waals surface area contributed by atoms with Gasteiger partial charge >= 0.3 is 6.18 Å². The van der Waals surface area contributed by atoms with E-state index in [2.05, 4.69) is 4.98 Å². The van der Waals surface area contributed by atoms with E-state index in [0.29, 0.717) is 11.1 Å². The summed E-state index contributed by atoms with van der Waals surface area (Å²) in [4.78, 5) is 4.07. The Kier molecular flexibility index (Phi) is 4.86. The van der Waals surface area contributed by atoms with E-state index in [1.165, 1.54) is 6.07 Å². The third-order valence-corrected chi connectivity index (χ3v) is 6.45. The Morgan fingerprint density at radius 3 is 2.13 bits per heavy atom. The van der Waals surface area contributed by atoms with Gasteiger partial charge in [-0.25, -0.2) is 13.4 Å². The minimum absolute atomic E-state index is 0.211. The van der Waals surface area contributed by atoms with E-state index >= 15 is 0 Å². The van der Waals surface area contributed by atoms with Crippen LogP contribution in [0.1, 0.15) is 11.1 Å². The molecule has 0 fully saturated rings. The van der Waals surface area contributed by atoms with Crippen molar-refractivity contribution >= 4 is 20.7 Å². The monoisotopic (exact) mass is 427 g/mol. The van der Waals surface area contributed by atoms with Crippen LogP contribution in [0.2, 0.25) is 0 Å². The molecule has 7 heteroatoms. The summed E-state index contributed by atoms with van der Waals surface area (Å²) < 4.78 is 64.8. The number of rotatable bonds is 3. The molecule has 0 N–H and O–H groups in total. The molecule has 4 rings (SSSR count). The number of hydrogen-bond donors (Lipinski definition) is 0. The first kappa shape index (κ1) is 20.1. The van der Waals surface area contributed by atoms with E-state index < -0.39 is 21.6 Å². The topological polar surface area (TPSA) is 47.0 Å². The first-order valence-corrected chi connectivity index (χ1v) is 10.5. The summed E-state index contributed by atoms with van der Waals surface area (Å²) >= 11 is 0. The van der Waals surface area contributed by atoms with Gasteiger partial charge in [-0.05, 0) is 60.5 Å². The second-order valence-corrected chi connectivity index (χ2v) is 8.82. The van der Waals surface area contributed by atoms with E-state index in [1.54, 1.807) is 6.07 Å². The van der Waals surface area contributed by atoms with Gasteiger partial charge in [0, 0.05) is 5.39 Å². The maximum absolute atomic E-state index is 13.1. The van der Waals surface area contributed by atoms with Crippen molar-refractivity contribution in [1.82, 2.24) is 4.98 Å². The second kappa shape index (κ2) is 7.25. The number of benzene rings is 3. The van der Waals surface area contributed by atoms with Gasteiger partial charge in [-0.15, -0.1) is 0 Å². The van der Waals surface area contributed by atoms with Gasteiger partial charge in [0.15, 0.2) is 5.03 Å². The van der Waals surface area contributed by atoms with Crippen LogP contribution in [0.4, 0.5) is 13.2 Å². The highest BCUT2D eigenvalue weighted by Gasteiger charge is 2.31. The van der Waals surface area contributed by atoms with E-state index in [-0.39, 0.29) is 9.92 Å². The molecule has 152 valence electrons. The van der Waals surface area contributed by atoms with Crippen LogP contribution in [0.25, 0.3) is 22.0 Å². The summed E-state index contributed by atoms with van der Waals surface area (Å²) in [5.74, 6) is 0. The van der Waals surface area contributed by atoms with Crippen molar-refractivity contribution in [1.29, 1.82) is 0 Å². The van der Waals surface area contributed by atoms with Gasteiger partial charge in [-0.2, -0.15) is 13.2 Å². The predicted molar refractivity (Wildman–Crippen MR) is 109 cm³/mol. The third-order valence-electron chi connectivity index (χ3n) is 4.79. The molecule has 3 aromatic carbocycles. The molecule has 4 aromatic rings. The highest BCUT2D eigenvalue weighted by Crippen LogP contribution is 2.34. The molecule has 1 heterocycles. The number of halogens is 3. The van der Waals surface area contributed by atoms with Gasteiger partial charge in [0.2, 0.25) is 9.84 Å². The highest BCUT2D eigenvalue weighted by molar-refractivity contribution is 7.91. The van der Waals surface area contributed by atoms with E-state index in [4.69, 9.17) is 0 Å². The van der Waals surface area contributed by atoms with Crippen molar-refractivity contribution in [2.24, 2.45) is 0 Å². The van der Waals surface area contributed by atoms with Crippen LogP contribution >= 0.6 is 0 Å². The summed E-state index contributed by atoms with van der Waals surface area (Å²) in [6.07, 6.45) is -4.54. The second-order valence-electron chi connectivity index (χ2n) is 6.92. The Hall–Kier alpha value is -3.19. The van der Waals surface area contributed by atoms with Gasteiger partial charge in [0.05, 0.1) is 16.0 Å². The van der Waals surface area contributed by atoms with Gasteiger partial charge in [-0.1, -0.05) is 42.0 Å². The molecule has 0 saturated heterocycles. The largest absolute Gasteiger partial charge is 0.416 e. The van der Waals surface area contributed by atoms with Crippen molar-refractivity contribution in [2.45, 2.75) is 23.0 Å². The Labute approximate surface area is 171 Å². The number of pyridine rings is 1. The van der Waals surface area contributed by atoms with E-state index in [9.17, 15) is 21.6 Å². The fraction of sp³-hybridized carbons (Fsp3) is 0.0870. The average Bonchev–Trinajstić information content (AvgIpc) is 2.73. The lowest BCUT2D eigenvalue weighted by molar-refractivity contribution is -0.137. The smallest absolute Gasteiger partial charge is 0.236 e. The lowest BCUT2D eigenvalue weighted by Gasteiger charge is -2.12. The fourth-order valence-corrected chi connectivity index (χ4v) is 4.48. The van der Waals surface area contributed by atoms with Crippen LogP contribution in [0.15, 0.2) is 88.8 Å². The molecule has 30 heavy (non-hydrogen) atoms. The van der Waals surface area contributed by atoms with Gasteiger partial charge < -0.3 is 0 Å². The standard InChI is InChI=1S/C23H16F3NO2S/c1-15-7-12-21-20(13-15)19(16-5-3-2-4-6-16)14-22(27-21)30(28,29)18-10-8-17(9-11-18)23(24,25)26/h2-14H,1H3. The third kappa shape index (κ3) is 3.68. The molecule has 0 atom stereocenters. The molecule has 0 bridgehead atoms. The minimum atomic E-state index is -4.54. The summed E-state index contributed by atoms with van der Waals surface area (Å²) in [7, 11) is -4.11. The molecular formula is C23H16F3NO2S. The van der Waals surface area contributed by atoms with Crippen LogP contribution < -0.4 is 0 Å². The molecule has 0 spiro atoms. The van der Waals surface area contributed by atoms with Gasteiger partial charge in [-0.3, -0.25) is 0 Å². The molecule has 0 aliphatic heterocycles. The number of aryl methyl sites for hydroxylation is 1. The molecule has 0 radical (unpaired) electrons. The Morgan fingerprint density at radius 2 is 1.50 bits per heavy atom. The Balaban J connectivity index is 1.91. The SMILES string of the molecule is Cc1ccc2nc(S(=O)(=O)c3ccc(C(F)(F)F)cc3)cc(-c3ccccc3)c2c1. The molecule has 0 aliphatic rings. The first-order chi connectivity index (χ1) is 14.2. The lowest BCUT2D eigenvalue weighted by atomic mass is 10.0. The summed E-state index contributed by atoms with van der Waals surface area (Å²) in [6, 6.07) is 19.7. The van der Waals surface area contributed by atoms with Gasteiger partial charge in [0.1, 0.15) is 0 Å². The molecule has 1 aromatic heterocycles. The van der Waals surface area contributed by atoms with Crippen LogP contribution in [-0.2, 0) is 16.0 Å². The van der Waals surface area contributed by atoms with Crippen LogP contribution in [-0.4, -0.2) is 13.4 Å². The Morgan fingerprint density at radius 1 is 0.833 bits per heavy atom. The van der Waals surface area contributed by atoms with Crippen molar-refractivity contribution in [3.63, 3.8) is 0 Å². The zero-order chi connectivity index (χ0) is 21.5. The zero-order valence-corrected chi connectivity index (χ0v) is 16.6. The lowest BCUT2D eigenvalue weighted by Crippen LogP contribution is -2.08. The molecule has 3 nitrogen and oxygen atoms in total. The number of hydrogen-bond acceptors (Lipinski definition) is 3. The number of sulfone groups is 1. The number of alkyl halides is 3. The molecule has 0 saturated carbocycles. The number of fused-ring (bicyclic) bond motifs is 1. The van der Waals surface area contributed by atoms with Crippen LogP contribution in [0, 0.1) is 6.92 Å². The molecular weight excluding hydrogens is 411 g/mol. The maximum Gasteiger partial charge on any atom is 0.416 e. The fourth-order valence-electron chi connectivity index (χ4n) is 3.25. The Bertz CT molecular complexity index is 1330. The first-order valence-electron chi connectivity index (χ1n) is 9.05. The normalized spacial score (nSPS) is 12.3. The van der Waals surface area contributed by atoms with Gasteiger partial charge in [0.25, 0.3) is 0 Å². The molecule has 0 amide bonds. The number of nitrogens with zero attached hydrogens (tertiary/aromatic N) is 1. The summed E-state index contributed by atoms with van der Waals surface area (Å²) in [5, 5.41) is 0.588. The highest BCUT2D eigenvalue weighted by atomic mass is 32.2. The quantitative estimate of drug-likeness (QED) is 0.399. The molecule has 0 unspecified atom stereocenters. The average molecular weight is 427 g/mol. The minimum Gasteiger partial charge on any atom is -0.236 e. The van der Waals surface area contributed by atoms with Crippen molar-refractivity contribution in [3.8, 4) is 11.1 Å². The van der Waals surface area contributed by atoms with E-state index in [1.807, 2.05) is 49.4 Å². The summed E-state index contributed by atoms with van der Waals surface area (Å²) in [5.41, 5.74) is 2.09. The molecule has 0 aliphatic carbocycles. The number of aromatic nitrogens is 1. The van der Waals surface area contributed by atoms with Crippen LogP contribution in [0.5, 0.6) is 0 Å². The predicted octanol–water partition coefficient (Wildman–Crippen LogP) is 6.06. The van der Waals surface area contributed by atoms with Crippen molar-refractivity contribution in [3.05, 3.63) is 90.0 Å². The van der Waals surface area contributed by atoms with Crippen molar-refractivity contribution in [2.75, 3.05) is 0 Å². The van der Waals surface area contributed by atoms with Crippen LogP contribution in [0.3, 0.4) is 0 Å².